The number of rotatable bonds is 5. The van der Waals surface area contributed by atoms with Gasteiger partial charge in [-0.25, -0.2) is 21.0 Å². The SMILES string of the molecule is O=S(O)c1c(S)c(S(=O)O)c(S(=O)O)c(S(=O)O)c1S(=O)O.[Zn+2]. The third kappa shape index (κ3) is 4.89. The molecule has 10 nitrogen and oxygen atoms in total. The summed E-state index contributed by atoms with van der Waals surface area (Å²) in [6, 6.07) is 0. The van der Waals surface area contributed by atoms with Crippen LogP contribution in [0.15, 0.2) is 29.4 Å². The van der Waals surface area contributed by atoms with Crippen LogP contribution in [-0.2, 0) is 74.9 Å². The van der Waals surface area contributed by atoms with Gasteiger partial charge >= 0.3 is 19.5 Å². The van der Waals surface area contributed by atoms with E-state index in [-0.39, 0.29) is 19.5 Å². The predicted octanol–water partition coefficient (Wildman–Crippen LogP) is -0.124. The summed E-state index contributed by atoms with van der Waals surface area (Å²) in [4.78, 5) is -6.20. The molecule has 0 heterocycles. The second-order valence-corrected chi connectivity index (χ2v) is 8.22. The van der Waals surface area contributed by atoms with Crippen LogP contribution in [0, 0.1) is 0 Å². The second-order valence-electron chi connectivity index (χ2n) is 3.24. The van der Waals surface area contributed by atoms with Gasteiger partial charge in [0.2, 0.25) is 0 Å². The Morgan fingerprint density at radius 1 is 0.522 bits per heavy atom. The number of hydrogen-bond donors (Lipinski definition) is 6. The fourth-order valence-corrected chi connectivity index (χ4v) is 6.86. The van der Waals surface area contributed by atoms with Crippen LogP contribution in [0.25, 0.3) is 0 Å². The van der Waals surface area contributed by atoms with E-state index in [1.54, 1.807) is 0 Å². The standard InChI is InChI=1S/C6H6O10S6.Zn/c7-18(8)2-1(17)3(19(9)10)5(21(13)14)6(22(15)16)4(2)20(11)12;/h17H,(H,7,8)(H,9,10)(H,11,12)(H,13,14)(H,15,16);/q;+2. The molecule has 17 heteroatoms. The van der Waals surface area contributed by atoms with E-state index in [9.17, 15) is 34.7 Å². The molecule has 0 amide bonds. The molecule has 5 unspecified atom stereocenters. The van der Waals surface area contributed by atoms with E-state index in [0.717, 1.165) is 0 Å². The molecule has 1 aromatic rings. The molecule has 0 radical (unpaired) electrons. The minimum absolute atomic E-state index is 0. The first-order chi connectivity index (χ1) is 10.0. The van der Waals surface area contributed by atoms with Gasteiger partial charge in [-0.2, -0.15) is 0 Å². The molecule has 0 aliphatic heterocycles. The first kappa shape index (κ1) is 23.7. The van der Waals surface area contributed by atoms with E-state index in [2.05, 4.69) is 12.6 Å². The maximum atomic E-state index is 11.3. The molecule has 5 N–H and O–H groups in total. The van der Waals surface area contributed by atoms with Crippen molar-refractivity contribution in [2.45, 2.75) is 29.4 Å². The Morgan fingerprint density at radius 3 is 0.870 bits per heavy atom. The minimum Gasteiger partial charge on any atom is -0.302 e. The van der Waals surface area contributed by atoms with Crippen LogP contribution in [0.4, 0.5) is 0 Å². The molecule has 0 aromatic heterocycles. The van der Waals surface area contributed by atoms with E-state index in [4.69, 9.17) is 9.11 Å². The summed E-state index contributed by atoms with van der Waals surface area (Å²) < 4.78 is 102. The van der Waals surface area contributed by atoms with Crippen LogP contribution in [0.3, 0.4) is 0 Å². The average Bonchev–Trinajstić information content (AvgIpc) is 2.34. The van der Waals surface area contributed by atoms with Crippen LogP contribution in [0.5, 0.6) is 0 Å². The third-order valence-electron chi connectivity index (χ3n) is 2.13. The van der Waals surface area contributed by atoms with Crippen LogP contribution in [-0.4, -0.2) is 43.8 Å². The number of hydrogen-bond acceptors (Lipinski definition) is 6. The molecule has 0 fully saturated rings. The van der Waals surface area contributed by atoms with Gasteiger partial charge in [0.1, 0.15) is 24.5 Å². The Hall–Kier alpha value is 0.743. The quantitative estimate of drug-likeness (QED) is 0.182. The monoisotopic (exact) mass is 494 g/mol. The van der Waals surface area contributed by atoms with Crippen LogP contribution < -0.4 is 0 Å². The van der Waals surface area contributed by atoms with Gasteiger partial charge in [-0.1, -0.05) is 0 Å². The normalized spacial score (nSPS) is 17.7. The molecule has 0 aliphatic carbocycles. The van der Waals surface area contributed by atoms with Gasteiger partial charge in [0.15, 0.2) is 55.4 Å². The summed E-state index contributed by atoms with van der Waals surface area (Å²) in [5.74, 6) is 0. The Kier molecular flexibility index (Phi) is 9.75. The van der Waals surface area contributed by atoms with Gasteiger partial charge in [0, 0.05) is 4.90 Å². The molecule has 0 aliphatic rings. The summed E-state index contributed by atoms with van der Waals surface area (Å²) >= 11 is -11.9. The van der Waals surface area contributed by atoms with Crippen LogP contribution in [0.1, 0.15) is 0 Å². The molecule has 1 aromatic carbocycles. The van der Waals surface area contributed by atoms with Crippen molar-refractivity contribution in [3.8, 4) is 0 Å². The minimum atomic E-state index is -3.19. The van der Waals surface area contributed by atoms with Crippen molar-refractivity contribution >= 4 is 68.0 Å². The molecule has 0 saturated heterocycles. The van der Waals surface area contributed by atoms with Gasteiger partial charge in [-0.3, -0.25) is 0 Å². The predicted molar refractivity (Wildman–Crippen MR) is 78.9 cm³/mol. The topological polar surface area (TPSA) is 186 Å². The largest absolute Gasteiger partial charge is 2.00 e. The van der Waals surface area contributed by atoms with Gasteiger partial charge < -0.3 is 22.8 Å². The van der Waals surface area contributed by atoms with Crippen molar-refractivity contribution in [2.24, 2.45) is 0 Å². The maximum absolute atomic E-state index is 11.3. The molecular formula is C6H6O10S6Zn+2. The van der Waals surface area contributed by atoms with Crippen molar-refractivity contribution in [2.75, 3.05) is 0 Å². The Morgan fingerprint density at radius 2 is 0.696 bits per heavy atom. The maximum Gasteiger partial charge on any atom is 2.00 e. The van der Waals surface area contributed by atoms with Gasteiger partial charge in [-0.15, -0.1) is 12.6 Å². The zero-order chi connectivity index (χ0) is 17.4. The van der Waals surface area contributed by atoms with E-state index in [0.29, 0.717) is 0 Å². The van der Waals surface area contributed by atoms with Gasteiger partial charge in [0.05, 0.1) is 0 Å². The zero-order valence-electron chi connectivity index (χ0n) is 10.5. The Bertz CT molecular complexity index is 708. The Balaban J connectivity index is 0.00000484. The molecular weight excluding hydrogens is 490 g/mol. The fraction of sp³-hybridized carbons (Fsp3) is 0. The van der Waals surface area contributed by atoms with Crippen molar-refractivity contribution < 1.29 is 63.3 Å². The zero-order valence-corrected chi connectivity index (χ0v) is 18.4. The fourth-order valence-electron chi connectivity index (χ4n) is 1.43. The number of thiol groups is 1. The molecule has 1 rings (SSSR count). The molecule has 126 valence electrons. The van der Waals surface area contributed by atoms with E-state index >= 15 is 0 Å². The van der Waals surface area contributed by atoms with Crippen molar-refractivity contribution in [1.82, 2.24) is 0 Å². The number of benzene rings is 1. The molecule has 5 atom stereocenters. The molecule has 0 spiro atoms. The molecule has 23 heavy (non-hydrogen) atoms. The second kappa shape index (κ2) is 9.44. The van der Waals surface area contributed by atoms with E-state index < -0.39 is 84.8 Å². The Labute approximate surface area is 159 Å². The third-order valence-corrected chi connectivity index (χ3v) is 7.18. The summed E-state index contributed by atoms with van der Waals surface area (Å²) in [7, 11) is 0. The molecule has 0 bridgehead atoms. The van der Waals surface area contributed by atoms with Gasteiger partial charge in [-0.05, 0) is 0 Å². The van der Waals surface area contributed by atoms with Crippen LogP contribution >= 0.6 is 12.6 Å². The first-order valence-corrected chi connectivity index (χ1v) is 10.5. The summed E-state index contributed by atoms with van der Waals surface area (Å²) in [5, 5.41) is 0. The van der Waals surface area contributed by atoms with Crippen molar-refractivity contribution in [3.05, 3.63) is 0 Å². The van der Waals surface area contributed by atoms with E-state index in [1.807, 2.05) is 0 Å². The summed E-state index contributed by atoms with van der Waals surface area (Å²) in [5.41, 5.74) is 0. The van der Waals surface area contributed by atoms with Crippen molar-refractivity contribution in [1.29, 1.82) is 0 Å². The molecule has 0 saturated carbocycles. The average molecular weight is 496 g/mol. The summed E-state index contributed by atoms with van der Waals surface area (Å²) in [6.07, 6.45) is 0. The van der Waals surface area contributed by atoms with E-state index in [1.165, 1.54) is 0 Å². The van der Waals surface area contributed by atoms with Gasteiger partial charge in [0.25, 0.3) is 0 Å². The summed E-state index contributed by atoms with van der Waals surface area (Å²) in [6.45, 7) is 0. The van der Waals surface area contributed by atoms with Crippen LogP contribution in [0.2, 0.25) is 0 Å². The van der Waals surface area contributed by atoms with Crippen molar-refractivity contribution in [3.63, 3.8) is 0 Å². The first-order valence-electron chi connectivity index (χ1n) is 4.49. The smallest absolute Gasteiger partial charge is 0.302 e.